The van der Waals surface area contributed by atoms with Gasteiger partial charge in [-0.1, -0.05) is 127 Å². The second kappa shape index (κ2) is 9.85. The molecule has 1 heteroatoms. The minimum absolute atomic E-state index is 1.12. The maximum Gasteiger partial charge on any atom is 0.0346 e. The number of pyridine rings is 1. The zero-order valence-corrected chi connectivity index (χ0v) is 19.9. The highest BCUT2D eigenvalue weighted by Crippen LogP contribution is 2.33. The Balaban J connectivity index is 1.46. The van der Waals surface area contributed by atoms with Crippen molar-refractivity contribution in [1.82, 2.24) is 4.98 Å². The Hall–Kier alpha value is -4.75. The van der Waals surface area contributed by atoms with Crippen LogP contribution in [0.25, 0.3) is 44.7 Å². The minimum atomic E-state index is 1.12. The van der Waals surface area contributed by atoms with Gasteiger partial charge in [0, 0.05) is 12.4 Å². The molecule has 0 atom stereocenters. The van der Waals surface area contributed by atoms with Gasteiger partial charge >= 0.3 is 0 Å². The van der Waals surface area contributed by atoms with Gasteiger partial charge in [-0.15, -0.1) is 0 Å². The highest BCUT2D eigenvalue weighted by atomic mass is 14.6. The molecule has 0 unspecified atom stereocenters. The Kier molecular flexibility index (Phi) is 5.96. The summed E-state index contributed by atoms with van der Waals surface area (Å²) in [7, 11) is 0. The zero-order valence-electron chi connectivity index (χ0n) is 19.9. The van der Waals surface area contributed by atoms with Crippen molar-refractivity contribution in [3.63, 3.8) is 0 Å². The van der Waals surface area contributed by atoms with E-state index in [2.05, 4.69) is 138 Å². The lowest BCUT2D eigenvalue weighted by atomic mass is 9.90. The predicted octanol–water partition coefficient (Wildman–Crippen LogP) is 9.16. The molecule has 0 amide bonds. The summed E-state index contributed by atoms with van der Waals surface area (Å²) in [6.07, 6.45) is 6.01. The van der Waals surface area contributed by atoms with E-state index >= 15 is 0 Å². The first-order valence-electron chi connectivity index (χ1n) is 12.2. The first-order chi connectivity index (χ1) is 17.8. The fourth-order valence-corrected chi connectivity index (χ4v) is 4.72. The zero-order chi connectivity index (χ0) is 24.2. The molecule has 0 N–H and O–H groups in total. The van der Waals surface area contributed by atoms with Gasteiger partial charge in [0.05, 0.1) is 0 Å². The van der Waals surface area contributed by atoms with Crippen molar-refractivity contribution >= 4 is 22.4 Å². The summed E-state index contributed by atoms with van der Waals surface area (Å²) >= 11 is 0. The van der Waals surface area contributed by atoms with Gasteiger partial charge in [0.2, 0.25) is 0 Å². The molecule has 0 saturated carbocycles. The van der Waals surface area contributed by atoms with E-state index in [-0.39, 0.29) is 0 Å². The van der Waals surface area contributed by atoms with Crippen LogP contribution in [0.3, 0.4) is 0 Å². The molecule has 5 aromatic carbocycles. The maximum absolute atomic E-state index is 4.26. The highest BCUT2D eigenvalue weighted by molar-refractivity contribution is 6.02. The van der Waals surface area contributed by atoms with E-state index in [1.165, 1.54) is 44.2 Å². The fourth-order valence-electron chi connectivity index (χ4n) is 4.72. The molecule has 0 saturated heterocycles. The van der Waals surface area contributed by atoms with Gasteiger partial charge < -0.3 is 0 Å². The van der Waals surface area contributed by atoms with Crippen molar-refractivity contribution < 1.29 is 0 Å². The third kappa shape index (κ3) is 4.47. The summed E-state index contributed by atoms with van der Waals surface area (Å²) in [5, 5.41) is 2.50. The van der Waals surface area contributed by atoms with E-state index in [0.717, 1.165) is 11.1 Å². The fraction of sp³-hybridized carbons (Fsp3) is 0. The van der Waals surface area contributed by atoms with Crippen molar-refractivity contribution in [2.75, 3.05) is 0 Å². The van der Waals surface area contributed by atoms with Crippen LogP contribution in [0, 0.1) is 0 Å². The van der Waals surface area contributed by atoms with Gasteiger partial charge in [0.25, 0.3) is 0 Å². The summed E-state index contributed by atoms with van der Waals surface area (Å²) < 4.78 is 0. The Labute approximate surface area is 212 Å². The Morgan fingerprint density at radius 3 is 1.92 bits per heavy atom. The second-order valence-corrected chi connectivity index (χ2v) is 8.89. The van der Waals surface area contributed by atoms with Crippen molar-refractivity contribution in [3.8, 4) is 22.3 Å². The number of fused-ring (bicyclic) bond motifs is 1. The van der Waals surface area contributed by atoms with Crippen molar-refractivity contribution in [2.45, 2.75) is 0 Å². The second-order valence-electron chi connectivity index (χ2n) is 8.89. The molecule has 0 aliphatic carbocycles. The molecule has 1 nitrogen and oxygen atoms in total. The summed E-state index contributed by atoms with van der Waals surface area (Å²) in [5.74, 6) is 0. The van der Waals surface area contributed by atoms with E-state index in [1.807, 2.05) is 12.3 Å². The Morgan fingerprint density at radius 2 is 1.14 bits per heavy atom. The number of nitrogens with zero attached hydrogens (tertiary/aromatic N) is 1. The maximum atomic E-state index is 4.26. The smallest absolute Gasteiger partial charge is 0.0346 e. The number of aromatic nitrogens is 1. The molecule has 0 bridgehead atoms. The lowest BCUT2D eigenvalue weighted by molar-refractivity contribution is 1.33. The topological polar surface area (TPSA) is 12.9 Å². The SMILES string of the molecule is C(=C(/c1ccc(-c2ccccc2)cc1)c1cccc2ccccc12)/c1ccc(-c2cccnc2)cc1. The third-order valence-electron chi connectivity index (χ3n) is 6.60. The van der Waals surface area contributed by atoms with Crippen molar-refractivity contribution in [1.29, 1.82) is 0 Å². The van der Waals surface area contributed by atoms with Crippen molar-refractivity contribution in [3.05, 3.63) is 163 Å². The lowest BCUT2D eigenvalue weighted by Crippen LogP contribution is -1.91. The molecule has 0 radical (unpaired) electrons. The van der Waals surface area contributed by atoms with Gasteiger partial charge in [0.15, 0.2) is 0 Å². The largest absolute Gasteiger partial charge is 0.264 e. The number of benzene rings is 5. The van der Waals surface area contributed by atoms with E-state index in [1.54, 1.807) is 6.20 Å². The molecule has 0 aliphatic rings. The lowest BCUT2D eigenvalue weighted by Gasteiger charge is -2.13. The summed E-state index contributed by atoms with van der Waals surface area (Å²) in [6, 6.07) is 47.4. The van der Waals surface area contributed by atoms with Crippen LogP contribution in [-0.2, 0) is 0 Å². The average Bonchev–Trinajstić information content (AvgIpc) is 2.97. The standard InChI is InChI=1S/C35H25N/c1-2-8-27(9-3-1)28-19-21-31(22-20-28)35(34-14-6-11-30-10-4-5-13-33(30)34)24-26-15-17-29(18-16-26)32-12-7-23-36-25-32/h1-25H/b35-24+. The Bertz CT molecular complexity index is 1620. The predicted molar refractivity (Wildman–Crippen MR) is 152 cm³/mol. The van der Waals surface area contributed by atoms with E-state index < -0.39 is 0 Å². The van der Waals surface area contributed by atoms with Gasteiger partial charge in [-0.05, 0) is 67.4 Å². The quantitative estimate of drug-likeness (QED) is 0.234. The van der Waals surface area contributed by atoms with Crippen LogP contribution >= 0.6 is 0 Å². The minimum Gasteiger partial charge on any atom is -0.264 e. The van der Waals surface area contributed by atoms with Crippen LogP contribution in [-0.4, -0.2) is 4.98 Å². The summed E-state index contributed by atoms with van der Waals surface area (Å²) in [5.41, 5.74) is 9.54. The molecule has 0 aliphatic heterocycles. The third-order valence-corrected chi connectivity index (χ3v) is 6.60. The molecule has 1 heterocycles. The van der Waals surface area contributed by atoms with Gasteiger partial charge in [-0.2, -0.15) is 0 Å². The molecule has 0 fully saturated rings. The number of hydrogen-bond acceptors (Lipinski definition) is 1. The summed E-state index contributed by atoms with van der Waals surface area (Å²) in [4.78, 5) is 4.26. The number of rotatable bonds is 5. The normalized spacial score (nSPS) is 11.5. The van der Waals surface area contributed by atoms with E-state index in [9.17, 15) is 0 Å². The van der Waals surface area contributed by atoms with Gasteiger partial charge in [0.1, 0.15) is 0 Å². The van der Waals surface area contributed by atoms with Crippen LogP contribution in [0.1, 0.15) is 16.7 Å². The molecular weight excluding hydrogens is 434 g/mol. The molecule has 170 valence electrons. The highest BCUT2D eigenvalue weighted by Gasteiger charge is 2.10. The van der Waals surface area contributed by atoms with Crippen LogP contribution in [0.5, 0.6) is 0 Å². The number of hydrogen-bond donors (Lipinski definition) is 0. The average molecular weight is 460 g/mol. The van der Waals surface area contributed by atoms with Crippen LogP contribution in [0.2, 0.25) is 0 Å². The monoisotopic (exact) mass is 459 g/mol. The van der Waals surface area contributed by atoms with Crippen molar-refractivity contribution in [2.24, 2.45) is 0 Å². The molecule has 1 aromatic heterocycles. The van der Waals surface area contributed by atoms with Gasteiger partial charge in [-0.25, -0.2) is 0 Å². The first-order valence-corrected chi connectivity index (χ1v) is 12.2. The molecule has 6 aromatic rings. The van der Waals surface area contributed by atoms with Crippen LogP contribution in [0.15, 0.2) is 146 Å². The van der Waals surface area contributed by atoms with Crippen LogP contribution in [0.4, 0.5) is 0 Å². The molecule has 36 heavy (non-hydrogen) atoms. The van der Waals surface area contributed by atoms with E-state index in [4.69, 9.17) is 0 Å². The molecule has 6 rings (SSSR count). The summed E-state index contributed by atoms with van der Waals surface area (Å²) in [6.45, 7) is 0. The van der Waals surface area contributed by atoms with Gasteiger partial charge in [-0.3, -0.25) is 4.98 Å². The molecule has 0 spiro atoms. The first kappa shape index (κ1) is 21.8. The molecular formula is C35H25N. The van der Waals surface area contributed by atoms with Crippen LogP contribution < -0.4 is 0 Å². The Morgan fingerprint density at radius 1 is 0.500 bits per heavy atom. The van der Waals surface area contributed by atoms with E-state index in [0.29, 0.717) is 0 Å².